The third kappa shape index (κ3) is 3.19. The topological polar surface area (TPSA) is 71.5 Å². The number of carbonyl (C=O) groups is 2. The number of benzene rings is 3. The number of ether oxygens (including phenoxy) is 1. The summed E-state index contributed by atoms with van der Waals surface area (Å²) in [5.41, 5.74) is 4.40. The molecule has 3 heterocycles. The van der Waals surface area contributed by atoms with Gasteiger partial charge in [0.25, 0.3) is 5.91 Å². The van der Waals surface area contributed by atoms with Crippen LogP contribution in [0.3, 0.4) is 0 Å². The molecule has 0 fully saturated rings. The highest BCUT2D eigenvalue weighted by Crippen LogP contribution is 2.46. The number of hydrogen-bond donors (Lipinski definition) is 1. The number of nitrogens with one attached hydrogen (secondary N) is 1. The lowest BCUT2D eigenvalue weighted by atomic mass is 9.76. The number of aromatic nitrogens is 1. The highest BCUT2D eigenvalue weighted by Gasteiger charge is 2.46. The molecule has 7 heteroatoms. The van der Waals surface area contributed by atoms with Crippen LogP contribution in [-0.2, 0) is 11.2 Å². The molecule has 2 atom stereocenters. The zero-order valence-corrected chi connectivity index (χ0v) is 18.8. The lowest BCUT2D eigenvalue weighted by Gasteiger charge is -2.45. The molecule has 1 aromatic heterocycles. The van der Waals surface area contributed by atoms with Gasteiger partial charge in [-0.1, -0.05) is 53.8 Å². The number of methoxy groups -OCH3 is 1. The van der Waals surface area contributed by atoms with Gasteiger partial charge in [-0.3, -0.25) is 9.59 Å². The van der Waals surface area contributed by atoms with Crippen LogP contribution in [0.15, 0.2) is 66.7 Å². The van der Waals surface area contributed by atoms with Crippen molar-refractivity contribution >= 4 is 38.5 Å². The summed E-state index contributed by atoms with van der Waals surface area (Å²) in [7, 11) is 1.63. The number of hydrogen-bond acceptors (Lipinski definition) is 5. The fourth-order valence-corrected chi connectivity index (χ4v) is 5.92. The molecule has 2 aliphatic heterocycles. The van der Waals surface area contributed by atoms with Gasteiger partial charge in [0.15, 0.2) is 5.13 Å². The smallest absolute Gasteiger partial charge is 0.254 e. The number of carbonyl (C=O) groups excluding carboxylic acids is 2. The van der Waals surface area contributed by atoms with Gasteiger partial charge in [0, 0.05) is 12.1 Å². The third-order valence-corrected chi connectivity index (χ3v) is 7.48. The predicted octanol–water partition coefficient (Wildman–Crippen LogP) is 4.78. The minimum atomic E-state index is -0.526. The van der Waals surface area contributed by atoms with Crippen LogP contribution in [0.25, 0.3) is 10.2 Å². The van der Waals surface area contributed by atoms with Crippen LogP contribution in [0.1, 0.15) is 39.0 Å². The number of rotatable bonds is 3. The summed E-state index contributed by atoms with van der Waals surface area (Å²) >= 11 is 1.41. The molecule has 3 aromatic carbocycles. The highest BCUT2D eigenvalue weighted by molar-refractivity contribution is 7.22. The Balaban J connectivity index is 1.43. The second-order valence-electron chi connectivity index (χ2n) is 8.30. The maximum absolute atomic E-state index is 13.8. The van der Waals surface area contributed by atoms with Gasteiger partial charge in [-0.15, -0.1) is 0 Å². The molecule has 2 amide bonds. The van der Waals surface area contributed by atoms with E-state index < -0.39 is 5.92 Å². The first-order valence-electron chi connectivity index (χ1n) is 10.9. The molecule has 0 saturated heterocycles. The van der Waals surface area contributed by atoms with Crippen LogP contribution < -0.4 is 10.1 Å². The Morgan fingerprint density at radius 2 is 1.88 bits per heavy atom. The Morgan fingerprint density at radius 1 is 1.09 bits per heavy atom. The summed E-state index contributed by atoms with van der Waals surface area (Å²) in [5, 5.41) is 3.58. The molecule has 6 nitrogen and oxygen atoms in total. The van der Waals surface area contributed by atoms with Crippen molar-refractivity contribution in [3.8, 4) is 5.75 Å². The van der Waals surface area contributed by atoms with Crippen LogP contribution in [0.5, 0.6) is 5.75 Å². The van der Waals surface area contributed by atoms with E-state index in [4.69, 9.17) is 4.74 Å². The van der Waals surface area contributed by atoms with E-state index in [-0.39, 0.29) is 17.9 Å². The van der Waals surface area contributed by atoms with E-state index in [1.807, 2.05) is 65.6 Å². The molecule has 1 N–H and O–H groups in total. The molecule has 33 heavy (non-hydrogen) atoms. The van der Waals surface area contributed by atoms with Crippen LogP contribution in [-0.4, -0.2) is 35.4 Å². The molecular formula is C26H21N3O3S. The number of anilines is 1. The molecule has 0 spiro atoms. The molecule has 6 rings (SSSR count). The minimum absolute atomic E-state index is 0.0127. The van der Waals surface area contributed by atoms with Crippen molar-refractivity contribution in [3.05, 3.63) is 89.0 Å². The molecule has 4 aromatic rings. The first kappa shape index (κ1) is 19.9. The molecule has 0 bridgehead atoms. The largest absolute Gasteiger partial charge is 0.497 e. The predicted molar refractivity (Wildman–Crippen MR) is 128 cm³/mol. The average Bonchev–Trinajstić information content (AvgIpc) is 3.25. The fourth-order valence-electron chi connectivity index (χ4n) is 5.03. The molecule has 2 aliphatic rings. The van der Waals surface area contributed by atoms with Gasteiger partial charge in [0.05, 0.1) is 29.3 Å². The Hall–Kier alpha value is -3.71. The quantitative estimate of drug-likeness (QED) is 0.483. The van der Waals surface area contributed by atoms with E-state index in [1.54, 1.807) is 7.11 Å². The van der Waals surface area contributed by atoms with E-state index >= 15 is 0 Å². The summed E-state index contributed by atoms with van der Waals surface area (Å²) < 4.78 is 6.24. The molecule has 0 aliphatic carbocycles. The van der Waals surface area contributed by atoms with Gasteiger partial charge in [-0.25, -0.2) is 4.98 Å². The number of amides is 2. The summed E-state index contributed by atoms with van der Waals surface area (Å²) in [5.74, 6) is 0.0500. The van der Waals surface area contributed by atoms with E-state index in [1.165, 1.54) is 16.9 Å². The summed E-state index contributed by atoms with van der Waals surface area (Å²) in [6, 6.07) is 20.9. The van der Waals surface area contributed by atoms with Crippen molar-refractivity contribution in [2.75, 3.05) is 19.0 Å². The highest BCUT2D eigenvalue weighted by atomic mass is 32.1. The number of fused-ring (bicyclic) bond motifs is 5. The normalized spacial score (nSPS) is 18.9. The lowest BCUT2D eigenvalue weighted by molar-refractivity contribution is -0.119. The molecule has 164 valence electrons. The summed E-state index contributed by atoms with van der Waals surface area (Å²) in [4.78, 5) is 33.6. The number of nitrogens with zero attached hydrogens (tertiary/aromatic N) is 2. The first-order valence-corrected chi connectivity index (χ1v) is 11.7. The minimum Gasteiger partial charge on any atom is -0.497 e. The Labute approximate surface area is 194 Å². The summed E-state index contributed by atoms with van der Waals surface area (Å²) in [6.45, 7) is 0.597. The molecule has 0 saturated carbocycles. The third-order valence-electron chi connectivity index (χ3n) is 6.54. The van der Waals surface area contributed by atoms with Crippen LogP contribution in [0.4, 0.5) is 5.13 Å². The zero-order valence-electron chi connectivity index (χ0n) is 17.9. The second kappa shape index (κ2) is 7.71. The first-order chi connectivity index (χ1) is 16.1. The Kier molecular flexibility index (Phi) is 4.66. The SMILES string of the molecule is COc1ccc2nc(NC(=O)C3c4ccccc4C(=O)N4CCc5ccccc5C34)sc2c1. The Morgan fingerprint density at radius 3 is 2.73 bits per heavy atom. The van der Waals surface area contributed by atoms with Gasteiger partial charge in [0.1, 0.15) is 5.75 Å². The standard InChI is InChI=1S/C26H21N3O3S/c1-32-16-10-11-20-21(14-16)33-26(27-20)28-24(30)22-18-8-4-5-9-19(18)25(31)29-13-12-15-6-2-3-7-17(15)23(22)29/h2-11,14,22-23H,12-13H2,1H3,(H,27,28,30). The van der Waals surface area contributed by atoms with Gasteiger partial charge in [-0.2, -0.15) is 0 Å². The van der Waals surface area contributed by atoms with Crippen LogP contribution in [0.2, 0.25) is 0 Å². The van der Waals surface area contributed by atoms with Gasteiger partial charge in [-0.05, 0) is 47.4 Å². The van der Waals surface area contributed by atoms with Crippen molar-refractivity contribution in [1.82, 2.24) is 9.88 Å². The van der Waals surface area contributed by atoms with Gasteiger partial charge < -0.3 is 15.0 Å². The number of thiazole rings is 1. The zero-order chi connectivity index (χ0) is 22.5. The van der Waals surface area contributed by atoms with Gasteiger partial charge >= 0.3 is 0 Å². The maximum Gasteiger partial charge on any atom is 0.254 e. The molecule has 0 radical (unpaired) electrons. The van der Waals surface area contributed by atoms with Crippen molar-refractivity contribution in [1.29, 1.82) is 0 Å². The summed E-state index contributed by atoms with van der Waals surface area (Å²) in [6.07, 6.45) is 0.786. The van der Waals surface area contributed by atoms with Crippen LogP contribution >= 0.6 is 11.3 Å². The lowest BCUT2D eigenvalue weighted by Crippen LogP contribution is -2.49. The van der Waals surface area contributed by atoms with Crippen LogP contribution in [0, 0.1) is 0 Å². The van der Waals surface area contributed by atoms with E-state index in [0.717, 1.165) is 33.5 Å². The van der Waals surface area contributed by atoms with E-state index in [0.29, 0.717) is 17.2 Å². The van der Waals surface area contributed by atoms with Crippen molar-refractivity contribution in [2.24, 2.45) is 0 Å². The average molecular weight is 456 g/mol. The molecule has 2 unspecified atom stereocenters. The van der Waals surface area contributed by atoms with Crippen molar-refractivity contribution in [3.63, 3.8) is 0 Å². The monoisotopic (exact) mass is 455 g/mol. The molecular weight excluding hydrogens is 434 g/mol. The second-order valence-corrected chi connectivity index (χ2v) is 9.33. The Bertz CT molecular complexity index is 1410. The fraction of sp³-hybridized carbons (Fsp3) is 0.192. The maximum atomic E-state index is 13.8. The van der Waals surface area contributed by atoms with Crippen molar-refractivity contribution in [2.45, 2.75) is 18.4 Å². The van der Waals surface area contributed by atoms with Gasteiger partial charge in [0.2, 0.25) is 5.91 Å². The van der Waals surface area contributed by atoms with E-state index in [2.05, 4.69) is 16.4 Å². The van der Waals surface area contributed by atoms with E-state index in [9.17, 15) is 9.59 Å². The van der Waals surface area contributed by atoms with Crippen molar-refractivity contribution < 1.29 is 14.3 Å².